The van der Waals surface area contributed by atoms with Crippen molar-refractivity contribution < 1.29 is 23.0 Å². The van der Waals surface area contributed by atoms with E-state index >= 15 is 0 Å². The van der Waals surface area contributed by atoms with Crippen molar-refractivity contribution in [3.8, 4) is 0 Å². The van der Waals surface area contributed by atoms with E-state index in [9.17, 15) is 33.4 Å². The predicted molar refractivity (Wildman–Crippen MR) is 91.2 cm³/mol. The SMILES string of the molecule is CCCCN(CCCC)c1c([N+](=O)[O-])cc(C(F)(F)F)c(N)c1[N+](=O)[O-]. The number of unbranched alkanes of at least 4 members (excludes halogenated alkanes) is 2. The molecule has 0 aliphatic carbocycles. The number of hydrogen-bond acceptors (Lipinski definition) is 6. The first-order chi connectivity index (χ1) is 12.1. The molecular weight excluding hydrogens is 357 g/mol. The van der Waals surface area contributed by atoms with Crippen molar-refractivity contribution in [2.24, 2.45) is 0 Å². The van der Waals surface area contributed by atoms with Crippen LogP contribution in [0.1, 0.15) is 45.1 Å². The molecule has 0 aliphatic heterocycles. The maximum absolute atomic E-state index is 13.1. The molecule has 0 saturated heterocycles. The lowest BCUT2D eigenvalue weighted by atomic mass is 10.1. The summed E-state index contributed by atoms with van der Waals surface area (Å²) in [5.41, 5.74) is 0.233. The van der Waals surface area contributed by atoms with Crippen LogP contribution in [-0.4, -0.2) is 22.9 Å². The fourth-order valence-electron chi connectivity index (χ4n) is 2.56. The molecule has 2 N–H and O–H groups in total. The van der Waals surface area contributed by atoms with E-state index in [0.29, 0.717) is 25.7 Å². The van der Waals surface area contributed by atoms with Crippen LogP contribution in [0.5, 0.6) is 0 Å². The van der Waals surface area contributed by atoms with E-state index in [-0.39, 0.29) is 19.2 Å². The van der Waals surface area contributed by atoms with Gasteiger partial charge in [0.1, 0.15) is 5.69 Å². The molecule has 1 aromatic carbocycles. The molecule has 1 rings (SSSR count). The number of nitrogen functional groups attached to an aromatic ring is 1. The molecule has 0 aromatic heterocycles. The lowest BCUT2D eigenvalue weighted by Gasteiger charge is -2.25. The van der Waals surface area contributed by atoms with Gasteiger partial charge in [0.05, 0.1) is 15.4 Å². The molecule has 0 saturated carbocycles. The molecule has 0 heterocycles. The van der Waals surface area contributed by atoms with E-state index < -0.39 is 44.3 Å². The molecule has 11 heteroatoms. The highest BCUT2D eigenvalue weighted by Gasteiger charge is 2.42. The Kier molecular flexibility index (Phi) is 7.16. The van der Waals surface area contributed by atoms with E-state index in [0.717, 1.165) is 0 Å². The summed E-state index contributed by atoms with van der Waals surface area (Å²) in [7, 11) is 0. The van der Waals surface area contributed by atoms with Crippen LogP contribution in [0.15, 0.2) is 6.07 Å². The first kappa shape index (κ1) is 21.5. The van der Waals surface area contributed by atoms with Crippen LogP contribution >= 0.6 is 0 Å². The molecule has 0 spiro atoms. The van der Waals surface area contributed by atoms with Gasteiger partial charge in [-0.1, -0.05) is 26.7 Å². The van der Waals surface area contributed by atoms with Gasteiger partial charge in [-0.15, -0.1) is 0 Å². The zero-order valence-electron chi connectivity index (χ0n) is 14.5. The molecule has 0 atom stereocenters. The van der Waals surface area contributed by atoms with E-state index in [1.807, 2.05) is 13.8 Å². The second kappa shape index (κ2) is 8.68. The Bertz CT molecular complexity index is 672. The minimum Gasteiger partial charge on any atom is -0.393 e. The standard InChI is InChI=1S/C15H21F3N4O4/c1-3-5-7-20(8-6-4-2)13-11(21(23)24)9-10(15(16,17)18)12(19)14(13)22(25)26/h9H,3-8,19H2,1-2H3. The average molecular weight is 378 g/mol. The Morgan fingerprint density at radius 1 is 1.08 bits per heavy atom. The van der Waals surface area contributed by atoms with Crippen LogP contribution in [0, 0.1) is 20.2 Å². The van der Waals surface area contributed by atoms with E-state index in [1.54, 1.807) is 0 Å². The minimum atomic E-state index is -5.05. The highest BCUT2D eigenvalue weighted by Crippen LogP contribution is 2.48. The smallest absolute Gasteiger partial charge is 0.393 e. The number of alkyl halides is 3. The van der Waals surface area contributed by atoms with Crippen LogP contribution in [0.3, 0.4) is 0 Å². The largest absolute Gasteiger partial charge is 0.418 e. The normalized spacial score (nSPS) is 11.4. The summed E-state index contributed by atoms with van der Waals surface area (Å²) >= 11 is 0. The van der Waals surface area contributed by atoms with Crippen LogP contribution < -0.4 is 10.6 Å². The molecule has 0 radical (unpaired) electrons. The third-order valence-corrected chi connectivity index (χ3v) is 3.86. The van der Waals surface area contributed by atoms with Crippen molar-refractivity contribution in [1.29, 1.82) is 0 Å². The van der Waals surface area contributed by atoms with Crippen molar-refractivity contribution in [3.63, 3.8) is 0 Å². The van der Waals surface area contributed by atoms with Gasteiger partial charge < -0.3 is 10.6 Å². The quantitative estimate of drug-likeness (QED) is 0.384. The van der Waals surface area contributed by atoms with Crippen molar-refractivity contribution in [2.75, 3.05) is 23.7 Å². The zero-order valence-corrected chi connectivity index (χ0v) is 14.5. The van der Waals surface area contributed by atoms with Gasteiger partial charge in [-0.25, -0.2) is 0 Å². The number of nitrogens with zero attached hydrogens (tertiary/aromatic N) is 3. The summed E-state index contributed by atoms with van der Waals surface area (Å²) in [5.74, 6) is 0. The topological polar surface area (TPSA) is 116 Å². The lowest BCUT2D eigenvalue weighted by molar-refractivity contribution is -0.392. The third-order valence-electron chi connectivity index (χ3n) is 3.86. The number of hydrogen-bond donors (Lipinski definition) is 1. The van der Waals surface area contributed by atoms with Gasteiger partial charge in [-0.05, 0) is 12.8 Å². The van der Waals surface area contributed by atoms with Crippen LogP contribution in [0.4, 0.5) is 35.9 Å². The van der Waals surface area contributed by atoms with Gasteiger partial charge >= 0.3 is 11.9 Å². The van der Waals surface area contributed by atoms with E-state index in [4.69, 9.17) is 5.73 Å². The Morgan fingerprint density at radius 3 is 1.92 bits per heavy atom. The second-order valence-corrected chi connectivity index (χ2v) is 5.76. The summed E-state index contributed by atoms with van der Waals surface area (Å²) in [6, 6.07) is 0.280. The number of benzene rings is 1. The van der Waals surface area contributed by atoms with Crippen molar-refractivity contribution in [1.82, 2.24) is 0 Å². The van der Waals surface area contributed by atoms with E-state index in [2.05, 4.69) is 0 Å². The van der Waals surface area contributed by atoms with Crippen molar-refractivity contribution in [3.05, 3.63) is 31.9 Å². The number of rotatable bonds is 9. The predicted octanol–water partition coefficient (Wildman–Crippen LogP) is 4.51. The maximum Gasteiger partial charge on any atom is 0.418 e. The average Bonchev–Trinajstić information content (AvgIpc) is 2.52. The molecule has 0 fully saturated rings. The number of nitro groups is 2. The summed E-state index contributed by atoms with van der Waals surface area (Å²) in [4.78, 5) is 22.1. The van der Waals surface area contributed by atoms with Gasteiger partial charge in [-0.3, -0.25) is 20.2 Å². The Balaban J connectivity index is 3.77. The molecule has 1 aromatic rings. The summed E-state index contributed by atoms with van der Waals surface area (Å²) in [5, 5.41) is 22.8. The Hall–Kier alpha value is -2.59. The fraction of sp³-hybridized carbons (Fsp3) is 0.600. The zero-order chi connectivity index (χ0) is 20.1. The van der Waals surface area contributed by atoms with Gasteiger partial charge in [0.25, 0.3) is 5.69 Å². The molecule has 26 heavy (non-hydrogen) atoms. The number of nitrogens with two attached hydrogens (primary N) is 1. The Labute approximate surface area is 148 Å². The lowest BCUT2D eigenvalue weighted by Crippen LogP contribution is -2.28. The summed E-state index contributed by atoms with van der Waals surface area (Å²) in [6.07, 6.45) is -2.49. The highest BCUT2D eigenvalue weighted by molar-refractivity contribution is 5.86. The van der Waals surface area contributed by atoms with Gasteiger partial charge in [0, 0.05) is 19.2 Å². The highest BCUT2D eigenvalue weighted by atomic mass is 19.4. The third kappa shape index (κ3) is 4.73. The first-order valence-corrected chi connectivity index (χ1v) is 8.13. The molecule has 0 amide bonds. The second-order valence-electron chi connectivity index (χ2n) is 5.76. The van der Waals surface area contributed by atoms with E-state index in [1.165, 1.54) is 4.90 Å². The van der Waals surface area contributed by atoms with Crippen molar-refractivity contribution in [2.45, 2.75) is 45.7 Å². The Morgan fingerprint density at radius 2 is 1.58 bits per heavy atom. The molecule has 8 nitrogen and oxygen atoms in total. The summed E-state index contributed by atoms with van der Waals surface area (Å²) < 4.78 is 39.4. The molecule has 0 aliphatic rings. The van der Waals surface area contributed by atoms with Gasteiger partial charge in [0.2, 0.25) is 0 Å². The number of nitro benzene ring substituents is 2. The monoisotopic (exact) mass is 378 g/mol. The van der Waals surface area contributed by atoms with Crippen molar-refractivity contribution >= 4 is 22.7 Å². The maximum atomic E-state index is 13.1. The first-order valence-electron chi connectivity index (χ1n) is 8.13. The van der Waals surface area contributed by atoms with Crippen LogP contribution in [-0.2, 0) is 6.18 Å². The molecule has 0 unspecified atom stereocenters. The van der Waals surface area contributed by atoms with Gasteiger partial charge in [-0.2, -0.15) is 13.2 Å². The number of anilines is 2. The van der Waals surface area contributed by atoms with Gasteiger partial charge in [0.15, 0.2) is 5.69 Å². The number of halogens is 3. The molecule has 146 valence electrons. The molecule has 0 bridgehead atoms. The molecular formula is C15H21F3N4O4. The fourth-order valence-corrected chi connectivity index (χ4v) is 2.56. The summed E-state index contributed by atoms with van der Waals surface area (Å²) in [6.45, 7) is 4.20. The van der Waals surface area contributed by atoms with Crippen LogP contribution in [0.25, 0.3) is 0 Å². The van der Waals surface area contributed by atoms with Crippen LogP contribution in [0.2, 0.25) is 0 Å². The minimum absolute atomic E-state index is 0.239.